The van der Waals surface area contributed by atoms with Crippen molar-refractivity contribution in [2.45, 2.75) is 13.8 Å². The SMILES string of the molecule is CCN(CC)CCN(C(=O)c1cc2cc([N+](=O)[O-])ccc2s1)c1nc2cc(OC)c(OC)cc2s1. The highest BCUT2D eigenvalue weighted by Crippen LogP contribution is 2.38. The van der Waals surface area contributed by atoms with Gasteiger partial charge in [0.15, 0.2) is 16.6 Å². The van der Waals surface area contributed by atoms with Crippen LogP contribution < -0.4 is 14.4 Å². The normalized spacial score (nSPS) is 11.3. The Kier molecular flexibility index (Phi) is 7.48. The third kappa shape index (κ3) is 5.07. The molecule has 2 aromatic heterocycles. The number of hydrogen-bond acceptors (Lipinski definition) is 9. The highest BCUT2D eigenvalue weighted by atomic mass is 32.1. The first-order valence-corrected chi connectivity index (χ1v) is 12.8. The first-order valence-electron chi connectivity index (χ1n) is 11.1. The second-order valence-electron chi connectivity index (χ2n) is 7.74. The molecule has 11 heteroatoms. The Hall–Kier alpha value is -3.28. The number of nitrogens with zero attached hydrogens (tertiary/aromatic N) is 4. The van der Waals surface area contributed by atoms with Gasteiger partial charge in [-0.2, -0.15) is 0 Å². The summed E-state index contributed by atoms with van der Waals surface area (Å²) in [6, 6.07) is 10.0. The lowest BCUT2D eigenvalue weighted by atomic mass is 10.2. The minimum absolute atomic E-state index is 0.00163. The van der Waals surface area contributed by atoms with E-state index in [0.717, 1.165) is 28.0 Å². The van der Waals surface area contributed by atoms with Crippen molar-refractivity contribution in [1.29, 1.82) is 0 Å². The molecule has 0 atom stereocenters. The van der Waals surface area contributed by atoms with E-state index in [1.807, 2.05) is 6.07 Å². The first-order chi connectivity index (χ1) is 16.9. The average Bonchev–Trinajstić information content (AvgIpc) is 3.48. The molecule has 0 saturated heterocycles. The van der Waals surface area contributed by atoms with Crippen LogP contribution >= 0.6 is 22.7 Å². The Bertz CT molecular complexity index is 1340. The average molecular weight is 515 g/mol. The van der Waals surface area contributed by atoms with Crippen LogP contribution in [0.5, 0.6) is 11.5 Å². The third-order valence-corrected chi connectivity index (χ3v) is 7.96. The van der Waals surface area contributed by atoms with Crippen molar-refractivity contribution in [3.05, 3.63) is 51.4 Å². The molecular formula is C24H26N4O5S2. The summed E-state index contributed by atoms with van der Waals surface area (Å²) in [4.78, 5) is 33.7. The van der Waals surface area contributed by atoms with Crippen LogP contribution in [0.4, 0.5) is 10.8 Å². The fourth-order valence-electron chi connectivity index (χ4n) is 3.81. The van der Waals surface area contributed by atoms with Gasteiger partial charge in [-0.25, -0.2) is 4.98 Å². The van der Waals surface area contributed by atoms with Crippen molar-refractivity contribution in [3.8, 4) is 11.5 Å². The molecule has 9 nitrogen and oxygen atoms in total. The summed E-state index contributed by atoms with van der Waals surface area (Å²) in [5, 5.41) is 12.4. The van der Waals surface area contributed by atoms with Gasteiger partial charge >= 0.3 is 0 Å². The molecule has 2 aromatic carbocycles. The van der Waals surface area contributed by atoms with Crippen LogP contribution in [0, 0.1) is 10.1 Å². The number of nitro groups is 1. The quantitative estimate of drug-likeness (QED) is 0.206. The highest BCUT2D eigenvalue weighted by molar-refractivity contribution is 7.23. The summed E-state index contributed by atoms with van der Waals surface area (Å²) in [7, 11) is 3.15. The van der Waals surface area contributed by atoms with Crippen LogP contribution in [0.25, 0.3) is 20.3 Å². The Morgan fingerprint density at radius 3 is 2.37 bits per heavy atom. The van der Waals surface area contributed by atoms with E-state index < -0.39 is 4.92 Å². The largest absolute Gasteiger partial charge is 0.493 e. The number of rotatable bonds is 10. The number of benzene rings is 2. The second-order valence-corrected chi connectivity index (χ2v) is 9.84. The van der Waals surface area contributed by atoms with Crippen molar-refractivity contribution in [2.24, 2.45) is 0 Å². The van der Waals surface area contributed by atoms with Crippen molar-refractivity contribution in [1.82, 2.24) is 9.88 Å². The Balaban J connectivity index is 1.74. The summed E-state index contributed by atoms with van der Waals surface area (Å²) in [5.41, 5.74) is 0.719. The number of thiazole rings is 1. The van der Waals surface area contributed by atoms with Gasteiger partial charge in [-0.15, -0.1) is 11.3 Å². The van der Waals surface area contributed by atoms with E-state index in [4.69, 9.17) is 14.5 Å². The molecule has 0 radical (unpaired) electrons. The van der Waals surface area contributed by atoms with Gasteiger partial charge in [0.1, 0.15) is 0 Å². The number of hydrogen-bond donors (Lipinski definition) is 0. The van der Waals surface area contributed by atoms with Crippen LogP contribution in [0.1, 0.15) is 23.5 Å². The van der Waals surface area contributed by atoms with Gasteiger partial charge in [-0.3, -0.25) is 19.8 Å². The molecule has 0 N–H and O–H groups in total. The zero-order valence-corrected chi connectivity index (χ0v) is 21.6. The predicted octanol–water partition coefficient (Wildman–Crippen LogP) is 5.43. The van der Waals surface area contributed by atoms with Gasteiger partial charge in [0, 0.05) is 47.4 Å². The number of likely N-dealkylation sites (N-methyl/N-ethyl adjacent to an activating group) is 1. The first kappa shape index (κ1) is 24.8. The monoisotopic (exact) mass is 514 g/mol. The molecule has 1 amide bonds. The highest BCUT2D eigenvalue weighted by Gasteiger charge is 2.24. The molecular weight excluding hydrogens is 488 g/mol. The number of fused-ring (bicyclic) bond motifs is 2. The summed E-state index contributed by atoms with van der Waals surface area (Å²) in [5.74, 6) is 0.991. The van der Waals surface area contributed by atoms with Crippen molar-refractivity contribution in [3.63, 3.8) is 0 Å². The van der Waals surface area contributed by atoms with E-state index in [0.29, 0.717) is 40.0 Å². The summed E-state index contributed by atoms with van der Waals surface area (Å²) in [6.07, 6.45) is 0. The number of carbonyl (C=O) groups excluding carboxylic acids is 1. The minimum atomic E-state index is -0.432. The maximum Gasteiger partial charge on any atom is 0.270 e. The van der Waals surface area contributed by atoms with Crippen LogP contribution in [-0.4, -0.2) is 61.1 Å². The smallest absolute Gasteiger partial charge is 0.270 e. The zero-order valence-electron chi connectivity index (χ0n) is 19.9. The number of carbonyl (C=O) groups is 1. The molecule has 35 heavy (non-hydrogen) atoms. The number of anilines is 1. The number of thiophene rings is 1. The molecule has 0 saturated carbocycles. The summed E-state index contributed by atoms with van der Waals surface area (Å²) >= 11 is 2.74. The fraction of sp³-hybridized carbons (Fsp3) is 0.333. The maximum absolute atomic E-state index is 13.7. The number of aromatic nitrogens is 1. The molecule has 4 aromatic rings. The molecule has 0 bridgehead atoms. The zero-order chi connectivity index (χ0) is 25.1. The lowest BCUT2D eigenvalue weighted by Gasteiger charge is -2.24. The molecule has 0 spiro atoms. The summed E-state index contributed by atoms with van der Waals surface area (Å²) in [6.45, 7) is 7.08. The van der Waals surface area contributed by atoms with Crippen LogP contribution in [0.2, 0.25) is 0 Å². The van der Waals surface area contributed by atoms with Crippen LogP contribution in [0.15, 0.2) is 36.4 Å². The molecule has 184 valence electrons. The van der Waals surface area contributed by atoms with Gasteiger partial charge in [0.25, 0.3) is 11.6 Å². The fourth-order valence-corrected chi connectivity index (χ4v) is 5.80. The minimum Gasteiger partial charge on any atom is -0.493 e. The van der Waals surface area contributed by atoms with E-state index in [-0.39, 0.29) is 11.6 Å². The van der Waals surface area contributed by atoms with Gasteiger partial charge in [-0.1, -0.05) is 25.2 Å². The van der Waals surface area contributed by atoms with E-state index in [1.165, 1.54) is 34.8 Å². The lowest BCUT2D eigenvalue weighted by Crippen LogP contribution is -2.38. The maximum atomic E-state index is 13.7. The predicted molar refractivity (Wildman–Crippen MR) is 141 cm³/mol. The molecule has 0 aliphatic heterocycles. The van der Waals surface area contributed by atoms with Crippen LogP contribution in [0.3, 0.4) is 0 Å². The van der Waals surface area contributed by atoms with Crippen molar-refractivity contribution < 1.29 is 19.2 Å². The molecule has 2 heterocycles. The molecule has 0 unspecified atom stereocenters. The van der Waals surface area contributed by atoms with Gasteiger partial charge in [0.05, 0.1) is 34.2 Å². The van der Waals surface area contributed by atoms with E-state index in [1.54, 1.807) is 37.3 Å². The molecule has 0 aliphatic carbocycles. The topological polar surface area (TPSA) is 98.0 Å². The number of methoxy groups -OCH3 is 2. The second kappa shape index (κ2) is 10.5. The standard InChI is InChI=1S/C24H26N4O5S2/c1-5-26(6-2)9-10-27(24-25-17-13-18(32-3)19(33-4)14-21(17)35-24)23(29)22-12-15-11-16(28(30)31)7-8-20(15)34-22/h7-8,11-14H,5-6,9-10H2,1-4H3. The number of ether oxygens (including phenoxy) is 2. The number of nitro benzene ring substituents is 1. The van der Waals surface area contributed by atoms with Crippen molar-refractivity contribution in [2.75, 3.05) is 45.3 Å². The van der Waals surface area contributed by atoms with E-state index in [2.05, 4.69) is 18.7 Å². The van der Waals surface area contributed by atoms with E-state index >= 15 is 0 Å². The number of non-ortho nitro benzene ring substituents is 1. The molecule has 0 aliphatic rings. The van der Waals surface area contributed by atoms with Gasteiger partial charge in [-0.05, 0) is 25.2 Å². The third-order valence-electron chi connectivity index (χ3n) is 5.81. The number of amides is 1. The van der Waals surface area contributed by atoms with Crippen LogP contribution in [-0.2, 0) is 0 Å². The Morgan fingerprint density at radius 2 is 1.71 bits per heavy atom. The van der Waals surface area contributed by atoms with Gasteiger partial charge in [0.2, 0.25) is 0 Å². The van der Waals surface area contributed by atoms with Gasteiger partial charge < -0.3 is 14.4 Å². The lowest BCUT2D eigenvalue weighted by molar-refractivity contribution is -0.384. The summed E-state index contributed by atoms with van der Waals surface area (Å²) < 4.78 is 12.5. The van der Waals surface area contributed by atoms with Crippen molar-refractivity contribution >= 4 is 59.7 Å². The Morgan fingerprint density at radius 1 is 1.00 bits per heavy atom. The molecule has 0 fully saturated rings. The van der Waals surface area contributed by atoms with E-state index in [9.17, 15) is 14.9 Å². The molecule has 4 rings (SSSR count). The Labute approximate surface area is 210 Å².